The summed E-state index contributed by atoms with van der Waals surface area (Å²) >= 11 is 0. The van der Waals surface area contributed by atoms with Crippen molar-refractivity contribution in [1.29, 1.82) is 0 Å². The lowest BCUT2D eigenvalue weighted by atomic mass is 10.00. The monoisotopic (exact) mass is 325 g/mol. The molecule has 7 nitrogen and oxygen atoms in total. The third-order valence-electron chi connectivity index (χ3n) is 3.77. The maximum Gasteiger partial charge on any atom is 0.275 e. The predicted molar refractivity (Wildman–Crippen MR) is 89.1 cm³/mol. The SMILES string of the molecule is CON1C(=O)C(C)N=C(c2ccccc2)c2cc([N+](=O)[O-])ccc21. The van der Waals surface area contributed by atoms with E-state index in [1.807, 2.05) is 30.3 Å². The molecular formula is C17H15N3O4. The van der Waals surface area contributed by atoms with Gasteiger partial charge in [0.1, 0.15) is 6.04 Å². The highest BCUT2D eigenvalue weighted by atomic mass is 16.7. The molecule has 0 saturated carbocycles. The number of benzodiazepines with no additional fused rings is 1. The highest BCUT2D eigenvalue weighted by Crippen LogP contribution is 2.31. The smallest absolute Gasteiger partial charge is 0.271 e. The molecule has 0 saturated heterocycles. The molecule has 1 atom stereocenters. The van der Waals surface area contributed by atoms with E-state index in [0.29, 0.717) is 17.0 Å². The number of anilines is 1. The molecule has 0 N–H and O–H groups in total. The highest BCUT2D eigenvalue weighted by Gasteiger charge is 2.31. The summed E-state index contributed by atoms with van der Waals surface area (Å²) in [4.78, 5) is 32.9. The number of hydroxylamine groups is 1. The summed E-state index contributed by atoms with van der Waals surface area (Å²) in [5.41, 5.74) is 2.14. The molecule has 0 bridgehead atoms. The van der Waals surface area contributed by atoms with E-state index in [9.17, 15) is 14.9 Å². The number of amides is 1. The Kier molecular flexibility index (Phi) is 4.09. The summed E-state index contributed by atoms with van der Waals surface area (Å²) in [7, 11) is 1.38. The largest absolute Gasteiger partial charge is 0.275 e. The van der Waals surface area contributed by atoms with E-state index < -0.39 is 11.0 Å². The molecule has 1 amide bonds. The summed E-state index contributed by atoms with van der Waals surface area (Å²) in [5.74, 6) is -0.335. The molecule has 0 fully saturated rings. The van der Waals surface area contributed by atoms with E-state index in [0.717, 1.165) is 10.6 Å². The topological polar surface area (TPSA) is 85.0 Å². The maximum absolute atomic E-state index is 12.5. The van der Waals surface area contributed by atoms with Gasteiger partial charge in [-0.1, -0.05) is 30.3 Å². The van der Waals surface area contributed by atoms with E-state index in [-0.39, 0.29) is 11.6 Å². The van der Waals surface area contributed by atoms with Crippen LogP contribution in [0.4, 0.5) is 11.4 Å². The predicted octanol–water partition coefficient (Wildman–Crippen LogP) is 2.73. The maximum atomic E-state index is 12.5. The molecule has 7 heteroatoms. The number of aliphatic imine (C=N–C) groups is 1. The molecule has 2 aromatic rings. The summed E-state index contributed by atoms with van der Waals surface area (Å²) < 4.78 is 0. The van der Waals surface area contributed by atoms with Crippen LogP contribution >= 0.6 is 0 Å². The van der Waals surface area contributed by atoms with Gasteiger partial charge in [-0.3, -0.25) is 24.7 Å². The number of carbonyl (C=O) groups excluding carboxylic acids is 1. The Morgan fingerprint density at radius 1 is 1.21 bits per heavy atom. The summed E-state index contributed by atoms with van der Waals surface area (Å²) in [6.45, 7) is 1.66. The van der Waals surface area contributed by atoms with Crippen LogP contribution in [0.2, 0.25) is 0 Å². The van der Waals surface area contributed by atoms with Gasteiger partial charge in [0.15, 0.2) is 0 Å². The average molecular weight is 325 g/mol. The molecule has 24 heavy (non-hydrogen) atoms. The molecule has 0 aromatic heterocycles. The van der Waals surface area contributed by atoms with Gasteiger partial charge in [0.25, 0.3) is 11.6 Å². The lowest BCUT2D eigenvalue weighted by molar-refractivity contribution is -0.384. The zero-order valence-corrected chi connectivity index (χ0v) is 13.2. The Morgan fingerprint density at radius 2 is 1.92 bits per heavy atom. The number of nitro groups is 1. The van der Waals surface area contributed by atoms with Crippen LogP contribution in [0.3, 0.4) is 0 Å². The van der Waals surface area contributed by atoms with Gasteiger partial charge in [0.2, 0.25) is 0 Å². The van der Waals surface area contributed by atoms with Gasteiger partial charge >= 0.3 is 0 Å². The summed E-state index contributed by atoms with van der Waals surface area (Å²) in [5, 5.41) is 12.3. The number of benzene rings is 2. The summed E-state index contributed by atoms with van der Waals surface area (Å²) in [6.07, 6.45) is 0. The summed E-state index contributed by atoms with van der Waals surface area (Å²) in [6, 6.07) is 12.8. The Bertz CT molecular complexity index is 833. The van der Waals surface area contributed by atoms with Crippen LogP contribution in [-0.4, -0.2) is 29.7 Å². The fraction of sp³-hybridized carbons (Fsp3) is 0.176. The second-order valence-corrected chi connectivity index (χ2v) is 5.29. The molecule has 3 rings (SSSR count). The van der Waals surface area contributed by atoms with Crippen LogP contribution < -0.4 is 5.06 Å². The van der Waals surface area contributed by atoms with Crippen molar-refractivity contribution in [3.8, 4) is 0 Å². The van der Waals surface area contributed by atoms with Gasteiger partial charge in [-0.2, -0.15) is 5.06 Å². The van der Waals surface area contributed by atoms with Gasteiger partial charge in [-0.05, 0) is 13.0 Å². The molecule has 1 aliphatic heterocycles. The first-order valence-corrected chi connectivity index (χ1v) is 7.33. The number of nitrogens with zero attached hydrogens (tertiary/aromatic N) is 3. The number of hydrogen-bond acceptors (Lipinski definition) is 5. The number of carbonyl (C=O) groups is 1. The third kappa shape index (κ3) is 2.65. The van der Waals surface area contributed by atoms with Crippen molar-refractivity contribution in [2.75, 3.05) is 12.2 Å². The van der Waals surface area contributed by atoms with Crippen LogP contribution in [0.5, 0.6) is 0 Å². The minimum Gasteiger partial charge on any atom is -0.271 e. The van der Waals surface area contributed by atoms with Crippen LogP contribution in [0, 0.1) is 10.1 Å². The first-order valence-electron chi connectivity index (χ1n) is 7.33. The average Bonchev–Trinajstić information content (AvgIpc) is 2.70. The van der Waals surface area contributed by atoms with Crippen molar-refractivity contribution in [3.05, 3.63) is 69.8 Å². The van der Waals surface area contributed by atoms with Gasteiger partial charge < -0.3 is 0 Å². The third-order valence-corrected chi connectivity index (χ3v) is 3.77. The van der Waals surface area contributed by atoms with Gasteiger partial charge in [0, 0.05) is 23.3 Å². The number of rotatable bonds is 3. The second-order valence-electron chi connectivity index (χ2n) is 5.29. The van der Waals surface area contributed by atoms with E-state index in [2.05, 4.69) is 4.99 Å². The van der Waals surface area contributed by atoms with E-state index >= 15 is 0 Å². The number of fused-ring (bicyclic) bond motifs is 1. The molecule has 2 aromatic carbocycles. The standard InChI is InChI=1S/C17H15N3O4/c1-11-17(21)19(24-2)15-9-8-13(20(22)23)10-14(15)16(18-11)12-6-4-3-5-7-12/h3-11H,1-2H3. The molecule has 122 valence electrons. The Morgan fingerprint density at radius 3 is 2.54 bits per heavy atom. The van der Waals surface area contributed by atoms with Crippen molar-refractivity contribution in [1.82, 2.24) is 0 Å². The first kappa shape index (κ1) is 15.8. The van der Waals surface area contributed by atoms with E-state index in [1.165, 1.54) is 25.3 Å². The fourth-order valence-corrected chi connectivity index (χ4v) is 2.63. The lowest BCUT2D eigenvalue weighted by Crippen LogP contribution is -2.35. The zero-order chi connectivity index (χ0) is 17.3. The molecule has 0 aliphatic carbocycles. The van der Waals surface area contributed by atoms with Crippen LogP contribution in [0.25, 0.3) is 0 Å². The van der Waals surface area contributed by atoms with Crippen LogP contribution in [0.15, 0.2) is 53.5 Å². The molecule has 1 aliphatic rings. The van der Waals surface area contributed by atoms with Crippen LogP contribution in [-0.2, 0) is 9.63 Å². The van der Waals surface area contributed by atoms with Crippen molar-refractivity contribution >= 4 is 23.0 Å². The Balaban J connectivity index is 2.29. The molecule has 0 radical (unpaired) electrons. The van der Waals surface area contributed by atoms with E-state index in [1.54, 1.807) is 6.92 Å². The minimum absolute atomic E-state index is 0.0737. The zero-order valence-electron chi connectivity index (χ0n) is 13.2. The molecule has 1 unspecified atom stereocenters. The van der Waals surface area contributed by atoms with Gasteiger partial charge in [-0.15, -0.1) is 0 Å². The van der Waals surface area contributed by atoms with Gasteiger partial charge in [0.05, 0.1) is 23.4 Å². The normalized spacial score (nSPS) is 17.1. The number of non-ortho nitro benzene ring substituents is 1. The lowest BCUT2D eigenvalue weighted by Gasteiger charge is -2.21. The quantitative estimate of drug-likeness (QED) is 0.641. The van der Waals surface area contributed by atoms with Crippen LogP contribution in [0.1, 0.15) is 18.1 Å². The van der Waals surface area contributed by atoms with Crippen molar-refractivity contribution in [2.45, 2.75) is 13.0 Å². The minimum atomic E-state index is -0.674. The second kappa shape index (κ2) is 6.21. The van der Waals surface area contributed by atoms with E-state index in [4.69, 9.17) is 4.84 Å². The van der Waals surface area contributed by atoms with Crippen molar-refractivity contribution in [3.63, 3.8) is 0 Å². The molecule has 1 heterocycles. The van der Waals surface area contributed by atoms with Gasteiger partial charge in [-0.25, -0.2) is 0 Å². The number of hydrogen-bond donors (Lipinski definition) is 0. The van der Waals surface area contributed by atoms with Crippen molar-refractivity contribution < 1.29 is 14.6 Å². The molecule has 0 spiro atoms. The highest BCUT2D eigenvalue weighted by molar-refractivity contribution is 6.20. The first-order chi connectivity index (χ1) is 11.5. The Hall–Kier alpha value is -3.06. The van der Waals surface area contributed by atoms with Crippen molar-refractivity contribution in [2.24, 2.45) is 4.99 Å². The Labute approximate surface area is 138 Å². The molecular weight excluding hydrogens is 310 g/mol. The fourth-order valence-electron chi connectivity index (χ4n) is 2.63. The number of nitro benzene ring substituents is 1.